The molecule has 0 aromatic rings. The highest BCUT2D eigenvalue weighted by atomic mass is 16.4. The van der Waals surface area contributed by atoms with Crippen LogP contribution in [0.1, 0.15) is 81.1 Å². The molecule has 0 saturated carbocycles. The van der Waals surface area contributed by atoms with Crippen molar-refractivity contribution in [3.8, 4) is 0 Å². The van der Waals surface area contributed by atoms with Crippen LogP contribution >= 0.6 is 0 Å². The Hall–Kier alpha value is -1.14. The van der Waals surface area contributed by atoms with E-state index < -0.39 is 23.8 Å². The summed E-state index contributed by atoms with van der Waals surface area (Å²) in [6, 6.07) is 0. The molecule has 30 heavy (non-hydrogen) atoms. The van der Waals surface area contributed by atoms with Gasteiger partial charge in [-0.05, 0) is 107 Å². The van der Waals surface area contributed by atoms with Gasteiger partial charge in [-0.3, -0.25) is 19.4 Å². The van der Waals surface area contributed by atoms with E-state index in [1.54, 1.807) is 0 Å². The van der Waals surface area contributed by atoms with Gasteiger partial charge in [0.15, 0.2) is 0 Å². The molecule has 2 saturated heterocycles. The lowest BCUT2D eigenvalue weighted by molar-refractivity contribution is -0.166. The summed E-state index contributed by atoms with van der Waals surface area (Å²) >= 11 is 0. The van der Waals surface area contributed by atoms with Crippen LogP contribution in [-0.2, 0) is 9.59 Å². The summed E-state index contributed by atoms with van der Waals surface area (Å²) in [5, 5.41) is 20.6. The molecule has 2 unspecified atom stereocenters. The number of carboxylic acid groups (broad SMARTS) is 2. The lowest BCUT2D eigenvalue weighted by Gasteiger charge is -2.57. The zero-order valence-corrected chi connectivity index (χ0v) is 20.7. The number of nitrogens with zero attached hydrogens (tertiary/aromatic N) is 2. The first-order chi connectivity index (χ1) is 13.3. The lowest BCUT2D eigenvalue weighted by Crippen LogP contribution is -2.62. The van der Waals surface area contributed by atoms with Crippen molar-refractivity contribution in [1.29, 1.82) is 0 Å². The Kier molecular flexibility index (Phi) is 6.51. The fourth-order valence-electron chi connectivity index (χ4n) is 6.70. The molecule has 0 aromatic heterocycles. The van der Waals surface area contributed by atoms with Crippen LogP contribution < -0.4 is 0 Å². The first-order valence-electron chi connectivity index (χ1n) is 11.3. The maximum absolute atomic E-state index is 12.6. The summed E-state index contributed by atoms with van der Waals surface area (Å²) in [4.78, 5) is 29.8. The minimum Gasteiger partial charge on any atom is -0.481 e. The smallest absolute Gasteiger partial charge is 0.307 e. The number of aliphatic carboxylic acids is 2. The minimum atomic E-state index is -0.960. The highest BCUT2D eigenvalue weighted by molar-refractivity contribution is 5.80. The molecule has 0 aromatic carbocycles. The molecule has 2 atom stereocenters. The first-order valence-corrected chi connectivity index (χ1v) is 11.3. The maximum Gasteiger partial charge on any atom is 0.307 e. The average molecular weight is 425 g/mol. The fraction of sp³-hybridized carbons (Fsp3) is 0.917. The minimum absolute atomic E-state index is 0.171. The SMILES string of the molecule is CN1C(C)(C)CC(C(C(=O)O)C(C(=O)O)C2CC(C)(C)N(C)C(C)(C)C2)CC1(C)C. The zero-order valence-electron chi connectivity index (χ0n) is 20.7. The van der Waals surface area contributed by atoms with Crippen LogP contribution in [0.25, 0.3) is 0 Å². The summed E-state index contributed by atoms with van der Waals surface area (Å²) in [5.41, 5.74) is -0.744. The lowest BCUT2D eigenvalue weighted by atomic mass is 9.60. The van der Waals surface area contributed by atoms with Gasteiger partial charge in [0.2, 0.25) is 0 Å². The third-order valence-corrected chi connectivity index (χ3v) is 8.65. The second-order valence-electron chi connectivity index (χ2n) is 12.4. The van der Waals surface area contributed by atoms with Crippen molar-refractivity contribution in [2.45, 2.75) is 103 Å². The molecule has 2 rings (SSSR count). The molecule has 0 spiro atoms. The van der Waals surface area contributed by atoms with Crippen molar-refractivity contribution in [2.75, 3.05) is 14.1 Å². The predicted octanol–water partition coefficient (Wildman–Crippen LogP) is 4.19. The Morgan fingerprint density at radius 2 is 0.833 bits per heavy atom. The summed E-state index contributed by atoms with van der Waals surface area (Å²) in [5.74, 6) is -4.02. The molecule has 0 aliphatic carbocycles. The third-order valence-electron chi connectivity index (χ3n) is 8.65. The van der Waals surface area contributed by atoms with Crippen LogP contribution in [0.4, 0.5) is 0 Å². The van der Waals surface area contributed by atoms with Crippen LogP contribution in [-0.4, -0.2) is 68.2 Å². The van der Waals surface area contributed by atoms with Gasteiger partial charge in [-0.2, -0.15) is 0 Å². The van der Waals surface area contributed by atoms with Crippen molar-refractivity contribution in [2.24, 2.45) is 23.7 Å². The second-order valence-corrected chi connectivity index (χ2v) is 12.4. The number of carbonyl (C=O) groups is 2. The van der Waals surface area contributed by atoms with E-state index in [0.29, 0.717) is 25.7 Å². The Balaban J connectivity index is 2.48. The van der Waals surface area contributed by atoms with Crippen molar-refractivity contribution in [1.82, 2.24) is 9.80 Å². The summed E-state index contributed by atoms with van der Waals surface area (Å²) in [7, 11) is 4.17. The number of carboxylic acids is 2. The van der Waals surface area contributed by atoms with E-state index in [1.165, 1.54) is 0 Å². The Morgan fingerprint density at radius 1 is 0.633 bits per heavy atom. The number of likely N-dealkylation sites (tertiary alicyclic amines) is 2. The average Bonchev–Trinajstić information content (AvgIpc) is 2.53. The van der Waals surface area contributed by atoms with Gasteiger partial charge in [0.25, 0.3) is 0 Å². The van der Waals surface area contributed by atoms with Gasteiger partial charge in [-0.25, -0.2) is 0 Å². The van der Waals surface area contributed by atoms with E-state index in [9.17, 15) is 19.8 Å². The normalized spacial score (nSPS) is 29.3. The molecule has 2 aliphatic heterocycles. The van der Waals surface area contributed by atoms with Crippen LogP contribution in [0.3, 0.4) is 0 Å². The topological polar surface area (TPSA) is 81.1 Å². The maximum atomic E-state index is 12.6. The molecule has 2 fully saturated rings. The monoisotopic (exact) mass is 424 g/mol. The van der Waals surface area contributed by atoms with E-state index in [0.717, 1.165) is 0 Å². The summed E-state index contributed by atoms with van der Waals surface area (Å²) in [6.07, 6.45) is 2.75. The molecule has 2 heterocycles. The van der Waals surface area contributed by atoms with E-state index >= 15 is 0 Å². The molecular weight excluding hydrogens is 380 g/mol. The van der Waals surface area contributed by atoms with Crippen molar-refractivity contribution in [3.05, 3.63) is 0 Å². The van der Waals surface area contributed by atoms with E-state index in [2.05, 4.69) is 79.3 Å². The highest BCUT2D eigenvalue weighted by Gasteiger charge is 2.54. The van der Waals surface area contributed by atoms with Gasteiger partial charge in [-0.15, -0.1) is 0 Å². The van der Waals surface area contributed by atoms with Crippen LogP contribution in [0.15, 0.2) is 0 Å². The van der Waals surface area contributed by atoms with Crippen molar-refractivity contribution >= 4 is 11.9 Å². The van der Waals surface area contributed by atoms with Gasteiger partial charge in [-0.1, -0.05) is 0 Å². The molecular formula is C24H44N2O4. The van der Waals surface area contributed by atoms with E-state index in [4.69, 9.17) is 0 Å². The molecule has 6 heteroatoms. The Morgan fingerprint density at radius 3 is 1.00 bits per heavy atom. The van der Waals surface area contributed by atoms with Crippen molar-refractivity contribution in [3.63, 3.8) is 0 Å². The molecule has 0 radical (unpaired) electrons. The zero-order chi connectivity index (χ0) is 23.4. The van der Waals surface area contributed by atoms with Gasteiger partial charge in [0.05, 0.1) is 11.8 Å². The highest BCUT2D eigenvalue weighted by Crippen LogP contribution is 2.50. The standard InChI is InChI=1S/C24H44N2O4/c1-21(2)11-15(12-22(3,4)25(21)9)17(19(27)28)18(20(29)30)16-13-23(5,6)26(10)24(7,8)14-16/h15-18H,11-14H2,1-10H3,(H,27,28)(H,29,30). The first kappa shape index (κ1) is 25.1. The molecule has 2 N–H and O–H groups in total. The van der Waals surface area contributed by atoms with Crippen LogP contribution in [0.5, 0.6) is 0 Å². The molecule has 174 valence electrons. The van der Waals surface area contributed by atoms with Crippen LogP contribution in [0.2, 0.25) is 0 Å². The Bertz CT molecular complexity index is 589. The molecule has 0 bridgehead atoms. The van der Waals surface area contributed by atoms with Gasteiger partial charge in [0.1, 0.15) is 0 Å². The second kappa shape index (κ2) is 7.77. The van der Waals surface area contributed by atoms with Gasteiger partial charge in [0, 0.05) is 22.2 Å². The molecule has 0 amide bonds. The van der Waals surface area contributed by atoms with E-state index in [-0.39, 0.29) is 34.0 Å². The van der Waals surface area contributed by atoms with Gasteiger partial charge < -0.3 is 10.2 Å². The number of piperidine rings is 2. The van der Waals surface area contributed by atoms with Crippen molar-refractivity contribution < 1.29 is 19.8 Å². The third kappa shape index (κ3) is 4.55. The predicted molar refractivity (Wildman–Crippen MR) is 120 cm³/mol. The number of rotatable bonds is 5. The number of hydrogen-bond donors (Lipinski definition) is 2. The molecule has 6 nitrogen and oxygen atoms in total. The largest absolute Gasteiger partial charge is 0.481 e. The molecule has 2 aliphatic rings. The summed E-state index contributed by atoms with van der Waals surface area (Å²) < 4.78 is 0. The van der Waals surface area contributed by atoms with Gasteiger partial charge >= 0.3 is 11.9 Å². The fourth-order valence-corrected chi connectivity index (χ4v) is 6.70. The van der Waals surface area contributed by atoms with Crippen LogP contribution in [0, 0.1) is 23.7 Å². The Labute approximate surface area is 183 Å². The summed E-state index contributed by atoms with van der Waals surface area (Å²) in [6.45, 7) is 17.1. The van der Waals surface area contributed by atoms with E-state index in [1.807, 2.05) is 0 Å². The number of hydrogen-bond acceptors (Lipinski definition) is 4. The quantitative estimate of drug-likeness (QED) is 0.689.